The van der Waals surface area contributed by atoms with Crippen LogP contribution in [0.25, 0.3) is 0 Å². The largest absolute Gasteiger partial charge is 0.369 e. The molecule has 110 valence electrons. The maximum absolute atomic E-state index is 11.0. The topological polar surface area (TPSA) is 62.5 Å². The summed E-state index contributed by atoms with van der Waals surface area (Å²) in [6, 6.07) is 6.03. The van der Waals surface area contributed by atoms with E-state index in [0.717, 1.165) is 44.8 Å². The summed E-state index contributed by atoms with van der Waals surface area (Å²) in [6.07, 6.45) is 4.13. The third kappa shape index (κ3) is 4.20. The van der Waals surface area contributed by atoms with Crippen molar-refractivity contribution >= 4 is 11.7 Å². The highest BCUT2D eigenvalue weighted by Gasteiger charge is 2.22. The Morgan fingerprint density at radius 2 is 2.20 bits per heavy atom. The van der Waals surface area contributed by atoms with E-state index in [2.05, 4.69) is 27.8 Å². The van der Waals surface area contributed by atoms with Gasteiger partial charge in [0.25, 0.3) is 0 Å². The first kappa shape index (κ1) is 14.8. The van der Waals surface area contributed by atoms with E-state index in [9.17, 15) is 4.79 Å². The van der Waals surface area contributed by atoms with Crippen molar-refractivity contribution in [3.63, 3.8) is 0 Å². The lowest BCUT2D eigenvalue weighted by Gasteiger charge is -2.35. The minimum Gasteiger partial charge on any atom is -0.369 e. The van der Waals surface area contributed by atoms with Crippen molar-refractivity contribution in [2.45, 2.75) is 19.8 Å². The van der Waals surface area contributed by atoms with Crippen LogP contribution in [0.2, 0.25) is 0 Å². The average Bonchev–Trinajstić information content (AvgIpc) is 2.48. The zero-order valence-electron chi connectivity index (χ0n) is 12.2. The summed E-state index contributed by atoms with van der Waals surface area (Å²) in [6.45, 7) is 6.37. The number of pyridine rings is 1. The molecular weight excluding hydrogens is 252 g/mol. The molecule has 0 atom stereocenters. The SMILES string of the molecule is CCN(CC(N)=O)CC1CCN(c2ccccn2)CC1. The predicted molar refractivity (Wildman–Crippen MR) is 80.5 cm³/mol. The molecule has 1 aliphatic rings. The molecule has 2 rings (SSSR count). The zero-order valence-corrected chi connectivity index (χ0v) is 12.2. The molecule has 1 aromatic heterocycles. The van der Waals surface area contributed by atoms with Crippen molar-refractivity contribution in [1.82, 2.24) is 9.88 Å². The number of likely N-dealkylation sites (N-methyl/N-ethyl adjacent to an activating group) is 1. The van der Waals surface area contributed by atoms with Crippen LogP contribution in [0.4, 0.5) is 5.82 Å². The highest BCUT2D eigenvalue weighted by molar-refractivity contribution is 5.75. The van der Waals surface area contributed by atoms with E-state index in [4.69, 9.17) is 5.73 Å². The van der Waals surface area contributed by atoms with Gasteiger partial charge in [0, 0.05) is 25.8 Å². The van der Waals surface area contributed by atoms with Crippen LogP contribution in [0.15, 0.2) is 24.4 Å². The fraction of sp³-hybridized carbons (Fsp3) is 0.600. The number of nitrogens with zero attached hydrogens (tertiary/aromatic N) is 3. The van der Waals surface area contributed by atoms with Crippen molar-refractivity contribution in [3.05, 3.63) is 24.4 Å². The van der Waals surface area contributed by atoms with E-state index >= 15 is 0 Å². The Balaban J connectivity index is 1.80. The van der Waals surface area contributed by atoms with Gasteiger partial charge in [-0.1, -0.05) is 13.0 Å². The van der Waals surface area contributed by atoms with Crippen molar-refractivity contribution in [2.75, 3.05) is 37.6 Å². The Bertz CT molecular complexity index is 415. The number of nitrogens with two attached hydrogens (primary N) is 1. The Labute approximate surface area is 120 Å². The molecule has 0 unspecified atom stereocenters. The fourth-order valence-electron chi connectivity index (χ4n) is 2.78. The van der Waals surface area contributed by atoms with Gasteiger partial charge in [0.05, 0.1) is 6.54 Å². The summed E-state index contributed by atoms with van der Waals surface area (Å²) in [4.78, 5) is 19.9. The molecule has 1 amide bonds. The number of carbonyl (C=O) groups is 1. The van der Waals surface area contributed by atoms with Crippen molar-refractivity contribution in [3.8, 4) is 0 Å². The number of rotatable bonds is 6. The number of hydrogen-bond donors (Lipinski definition) is 1. The summed E-state index contributed by atoms with van der Waals surface area (Å²) in [5, 5.41) is 0. The summed E-state index contributed by atoms with van der Waals surface area (Å²) in [5.41, 5.74) is 5.28. The van der Waals surface area contributed by atoms with Crippen molar-refractivity contribution < 1.29 is 4.79 Å². The minimum absolute atomic E-state index is 0.238. The standard InChI is InChI=1S/C15H24N4O/c1-2-18(12-14(16)20)11-13-6-9-19(10-7-13)15-5-3-4-8-17-15/h3-5,8,13H,2,6-7,9-12H2,1H3,(H2,16,20). The van der Waals surface area contributed by atoms with Crippen LogP contribution in [-0.4, -0.2) is 48.5 Å². The fourth-order valence-corrected chi connectivity index (χ4v) is 2.78. The molecule has 20 heavy (non-hydrogen) atoms. The lowest BCUT2D eigenvalue weighted by Crippen LogP contribution is -2.41. The number of primary amides is 1. The number of carbonyl (C=O) groups excluding carboxylic acids is 1. The molecule has 0 bridgehead atoms. The van der Waals surface area contributed by atoms with Gasteiger partial charge in [-0.25, -0.2) is 4.98 Å². The van der Waals surface area contributed by atoms with Gasteiger partial charge in [0.2, 0.25) is 5.91 Å². The van der Waals surface area contributed by atoms with E-state index in [1.165, 1.54) is 0 Å². The lowest BCUT2D eigenvalue weighted by molar-refractivity contribution is -0.119. The molecule has 1 fully saturated rings. The Morgan fingerprint density at radius 1 is 1.45 bits per heavy atom. The summed E-state index contributed by atoms with van der Waals surface area (Å²) in [5.74, 6) is 1.47. The minimum atomic E-state index is -0.238. The highest BCUT2D eigenvalue weighted by atomic mass is 16.1. The molecule has 5 nitrogen and oxygen atoms in total. The van der Waals surface area contributed by atoms with Gasteiger partial charge in [-0.15, -0.1) is 0 Å². The van der Waals surface area contributed by atoms with Crippen LogP contribution in [-0.2, 0) is 4.79 Å². The Morgan fingerprint density at radius 3 is 2.75 bits per heavy atom. The molecule has 5 heteroatoms. The average molecular weight is 276 g/mol. The van der Waals surface area contributed by atoms with Crippen molar-refractivity contribution in [1.29, 1.82) is 0 Å². The van der Waals surface area contributed by atoms with Crippen LogP contribution in [0.3, 0.4) is 0 Å². The highest BCUT2D eigenvalue weighted by Crippen LogP contribution is 2.22. The molecule has 0 aliphatic carbocycles. The summed E-state index contributed by atoms with van der Waals surface area (Å²) >= 11 is 0. The zero-order chi connectivity index (χ0) is 14.4. The van der Waals surface area contributed by atoms with E-state index in [-0.39, 0.29) is 5.91 Å². The molecule has 0 saturated carbocycles. The van der Waals surface area contributed by atoms with Crippen LogP contribution < -0.4 is 10.6 Å². The summed E-state index contributed by atoms with van der Waals surface area (Å²) in [7, 11) is 0. The smallest absolute Gasteiger partial charge is 0.231 e. The van der Waals surface area contributed by atoms with Crippen LogP contribution in [0.1, 0.15) is 19.8 Å². The molecule has 1 saturated heterocycles. The van der Waals surface area contributed by atoms with Crippen molar-refractivity contribution in [2.24, 2.45) is 11.7 Å². The van der Waals surface area contributed by atoms with E-state index in [1.54, 1.807) is 0 Å². The first-order valence-electron chi connectivity index (χ1n) is 7.35. The molecular formula is C15H24N4O. The monoisotopic (exact) mass is 276 g/mol. The summed E-state index contributed by atoms with van der Waals surface area (Å²) < 4.78 is 0. The van der Waals surface area contributed by atoms with E-state index in [1.807, 2.05) is 18.3 Å². The van der Waals surface area contributed by atoms with Gasteiger partial charge in [0.1, 0.15) is 5.82 Å². The Kier molecular flexibility index (Phi) is 5.35. The van der Waals surface area contributed by atoms with Gasteiger partial charge in [-0.2, -0.15) is 0 Å². The lowest BCUT2D eigenvalue weighted by atomic mass is 9.96. The number of piperidine rings is 1. The second kappa shape index (κ2) is 7.24. The first-order chi connectivity index (χ1) is 9.69. The van der Waals surface area contributed by atoms with Gasteiger partial charge in [0.15, 0.2) is 0 Å². The van der Waals surface area contributed by atoms with E-state index in [0.29, 0.717) is 12.5 Å². The molecule has 2 N–H and O–H groups in total. The number of anilines is 1. The van der Waals surface area contributed by atoms with Crippen LogP contribution in [0.5, 0.6) is 0 Å². The second-order valence-electron chi connectivity index (χ2n) is 5.41. The van der Waals surface area contributed by atoms with E-state index < -0.39 is 0 Å². The third-order valence-corrected chi connectivity index (χ3v) is 3.93. The van der Waals surface area contributed by atoms with Crippen LogP contribution in [0, 0.1) is 5.92 Å². The first-order valence-corrected chi connectivity index (χ1v) is 7.35. The Hall–Kier alpha value is -1.62. The van der Waals surface area contributed by atoms with Crippen LogP contribution >= 0.6 is 0 Å². The van der Waals surface area contributed by atoms with Gasteiger partial charge >= 0.3 is 0 Å². The maximum Gasteiger partial charge on any atom is 0.231 e. The third-order valence-electron chi connectivity index (χ3n) is 3.93. The second-order valence-corrected chi connectivity index (χ2v) is 5.41. The number of hydrogen-bond acceptors (Lipinski definition) is 4. The molecule has 0 radical (unpaired) electrons. The molecule has 1 aliphatic heterocycles. The normalized spacial score (nSPS) is 16.6. The molecule has 1 aromatic rings. The molecule has 0 spiro atoms. The number of aromatic nitrogens is 1. The molecule has 2 heterocycles. The van der Waals surface area contributed by atoms with Gasteiger partial charge in [-0.05, 0) is 37.4 Å². The number of amides is 1. The quantitative estimate of drug-likeness (QED) is 0.845. The predicted octanol–water partition coefficient (Wildman–Crippen LogP) is 1.11. The maximum atomic E-state index is 11.0. The van der Waals surface area contributed by atoms with Gasteiger partial charge < -0.3 is 10.6 Å². The van der Waals surface area contributed by atoms with Gasteiger partial charge in [-0.3, -0.25) is 9.69 Å². The molecule has 0 aromatic carbocycles.